The second-order valence-electron chi connectivity index (χ2n) is 8.62. The number of piperidine rings is 1. The largest absolute Gasteiger partial charge is 0.495 e. The van der Waals surface area contributed by atoms with Crippen LogP contribution in [0.5, 0.6) is 5.75 Å². The fraction of sp³-hybridized carbons (Fsp3) is 0.269. The van der Waals surface area contributed by atoms with Crippen LogP contribution in [0.25, 0.3) is 22.6 Å². The second kappa shape index (κ2) is 10.1. The lowest BCUT2D eigenvalue weighted by Crippen LogP contribution is -2.39. The van der Waals surface area contributed by atoms with Crippen LogP contribution in [0.3, 0.4) is 0 Å². The van der Waals surface area contributed by atoms with E-state index in [1.165, 1.54) is 30.7 Å². The maximum absolute atomic E-state index is 13.3. The Bertz CT molecular complexity index is 1580. The van der Waals surface area contributed by atoms with E-state index in [9.17, 15) is 13.2 Å². The van der Waals surface area contributed by atoms with Crippen LogP contribution in [0, 0.1) is 0 Å². The van der Waals surface area contributed by atoms with Gasteiger partial charge in [-0.3, -0.25) is 0 Å². The average molecular weight is 541 g/mol. The molecule has 0 radical (unpaired) electrons. The molecule has 1 saturated heterocycles. The first-order valence-corrected chi connectivity index (χ1v) is 13.5. The molecule has 4 aromatic rings. The van der Waals surface area contributed by atoms with Gasteiger partial charge in [-0.05, 0) is 49.2 Å². The molecular weight excluding hydrogens is 516 g/mol. The first-order valence-electron chi connectivity index (χ1n) is 11.7. The molecule has 5 rings (SSSR count). The molecule has 9 nitrogen and oxygen atoms in total. The van der Waals surface area contributed by atoms with E-state index in [4.69, 9.17) is 26.1 Å². The lowest BCUT2D eigenvalue weighted by Gasteiger charge is -2.32. The molecule has 1 aliphatic rings. The zero-order chi connectivity index (χ0) is 26.2. The third-order valence-corrected chi connectivity index (χ3v) is 8.76. The van der Waals surface area contributed by atoms with Crippen molar-refractivity contribution in [3.63, 3.8) is 0 Å². The topological polar surface area (TPSA) is 104 Å². The number of pyridine rings is 1. The number of carbonyl (C=O) groups excluding carboxylic acids is 1. The summed E-state index contributed by atoms with van der Waals surface area (Å²) in [7, 11) is -0.914. The van der Waals surface area contributed by atoms with Crippen molar-refractivity contribution in [1.82, 2.24) is 18.8 Å². The van der Waals surface area contributed by atoms with Crippen LogP contribution in [0.15, 0.2) is 65.7 Å². The van der Waals surface area contributed by atoms with Crippen molar-refractivity contribution in [2.75, 3.05) is 27.3 Å². The van der Waals surface area contributed by atoms with Gasteiger partial charge in [0.2, 0.25) is 10.0 Å². The predicted molar refractivity (Wildman–Crippen MR) is 139 cm³/mol. The zero-order valence-corrected chi connectivity index (χ0v) is 21.9. The highest BCUT2D eigenvalue weighted by Crippen LogP contribution is 2.36. The van der Waals surface area contributed by atoms with E-state index in [-0.39, 0.29) is 16.0 Å². The lowest BCUT2D eigenvalue weighted by molar-refractivity contribution is 0.0601. The number of ether oxygens (including phenoxy) is 2. The minimum absolute atomic E-state index is 0.0773. The summed E-state index contributed by atoms with van der Waals surface area (Å²) >= 11 is 6.18. The maximum Gasteiger partial charge on any atom is 0.338 e. The van der Waals surface area contributed by atoms with Gasteiger partial charge in [0.1, 0.15) is 17.1 Å². The molecule has 0 bridgehead atoms. The number of rotatable bonds is 6. The Morgan fingerprint density at radius 2 is 1.81 bits per heavy atom. The summed E-state index contributed by atoms with van der Waals surface area (Å²) in [4.78, 5) is 22.0. The Labute approximate surface area is 219 Å². The number of benzene rings is 2. The highest BCUT2D eigenvalue weighted by atomic mass is 35.5. The van der Waals surface area contributed by atoms with Crippen LogP contribution in [-0.4, -0.2) is 60.5 Å². The van der Waals surface area contributed by atoms with Gasteiger partial charge in [0, 0.05) is 30.9 Å². The molecule has 3 heterocycles. The van der Waals surface area contributed by atoms with Gasteiger partial charge < -0.3 is 14.0 Å². The van der Waals surface area contributed by atoms with Gasteiger partial charge in [-0.25, -0.2) is 23.2 Å². The number of fused-ring (bicyclic) bond motifs is 1. The van der Waals surface area contributed by atoms with Crippen molar-refractivity contribution < 1.29 is 22.7 Å². The molecule has 192 valence electrons. The van der Waals surface area contributed by atoms with Crippen molar-refractivity contribution in [2.45, 2.75) is 23.8 Å². The summed E-state index contributed by atoms with van der Waals surface area (Å²) in [6.07, 6.45) is 2.78. The number of hydrogen-bond acceptors (Lipinski definition) is 7. The molecule has 0 spiro atoms. The van der Waals surface area contributed by atoms with Crippen LogP contribution in [0.1, 0.15) is 29.2 Å². The maximum atomic E-state index is 13.3. The van der Waals surface area contributed by atoms with Crippen molar-refractivity contribution in [2.24, 2.45) is 0 Å². The van der Waals surface area contributed by atoms with Gasteiger partial charge in [-0.15, -0.1) is 0 Å². The summed E-state index contributed by atoms with van der Waals surface area (Å²) in [5.41, 5.74) is 2.41. The van der Waals surface area contributed by atoms with Crippen LogP contribution >= 0.6 is 11.6 Å². The number of sulfonamides is 1. The van der Waals surface area contributed by atoms with Gasteiger partial charge >= 0.3 is 5.97 Å². The average Bonchev–Trinajstić information content (AvgIpc) is 3.32. The van der Waals surface area contributed by atoms with Crippen LogP contribution in [0.2, 0.25) is 5.02 Å². The third-order valence-electron chi connectivity index (χ3n) is 6.57. The number of esters is 1. The molecule has 0 saturated carbocycles. The molecule has 0 N–H and O–H groups in total. The minimum atomic E-state index is -3.74. The summed E-state index contributed by atoms with van der Waals surface area (Å²) in [5, 5.41) is 0.239. The van der Waals surface area contributed by atoms with Crippen molar-refractivity contribution in [1.29, 1.82) is 0 Å². The van der Waals surface area contributed by atoms with Crippen molar-refractivity contribution >= 4 is 38.8 Å². The molecule has 11 heteroatoms. The van der Waals surface area contributed by atoms with E-state index in [2.05, 4.69) is 4.98 Å². The van der Waals surface area contributed by atoms with Crippen LogP contribution in [-0.2, 0) is 14.8 Å². The van der Waals surface area contributed by atoms with E-state index < -0.39 is 16.0 Å². The van der Waals surface area contributed by atoms with E-state index in [0.717, 1.165) is 0 Å². The number of carbonyl (C=O) groups is 1. The predicted octanol–water partition coefficient (Wildman–Crippen LogP) is 4.57. The normalized spacial score (nSPS) is 15.1. The highest BCUT2D eigenvalue weighted by Gasteiger charge is 2.33. The first-order chi connectivity index (χ1) is 17.8. The Morgan fingerprint density at radius 3 is 2.51 bits per heavy atom. The van der Waals surface area contributed by atoms with Gasteiger partial charge in [-0.1, -0.05) is 29.8 Å². The molecule has 0 unspecified atom stereocenters. The zero-order valence-electron chi connectivity index (χ0n) is 20.3. The lowest BCUT2D eigenvalue weighted by atomic mass is 10.0. The van der Waals surface area contributed by atoms with Gasteiger partial charge in [0.15, 0.2) is 5.65 Å². The summed E-state index contributed by atoms with van der Waals surface area (Å²) < 4.78 is 40.3. The smallest absolute Gasteiger partial charge is 0.338 e. The highest BCUT2D eigenvalue weighted by molar-refractivity contribution is 7.89. The number of hydrogen-bond donors (Lipinski definition) is 0. The fourth-order valence-corrected chi connectivity index (χ4v) is 6.55. The molecule has 0 amide bonds. The summed E-state index contributed by atoms with van der Waals surface area (Å²) in [6, 6.07) is 15.2. The van der Waals surface area contributed by atoms with Gasteiger partial charge in [0.25, 0.3) is 0 Å². The van der Waals surface area contributed by atoms with Crippen LogP contribution < -0.4 is 4.74 Å². The fourth-order valence-electron chi connectivity index (χ4n) is 4.73. The number of imidazole rings is 1. The summed E-state index contributed by atoms with van der Waals surface area (Å²) in [5.74, 6) is 0.553. The summed E-state index contributed by atoms with van der Waals surface area (Å²) in [6.45, 7) is 0.614. The van der Waals surface area contributed by atoms with Crippen molar-refractivity contribution in [3.05, 3.63) is 71.4 Å². The molecule has 1 fully saturated rings. The van der Waals surface area contributed by atoms with Gasteiger partial charge in [0.05, 0.1) is 29.7 Å². The molecule has 37 heavy (non-hydrogen) atoms. The Kier molecular flexibility index (Phi) is 6.89. The first kappa shape index (κ1) is 25.2. The van der Waals surface area contributed by atoms with Crippen LogP contribution in [0.4, 0.5) is 0 Å². The molecule has 2 aromatic heterocycles. The van der Waals surface area contributed by atoms with E-state index in [1.807, 2.05) is 28.8 Å². The number of halogens is 1. The standard InChI is InChI=1S/C26H25ClN4O5S/c1-35-23-10-9-18(16-21(23)27)37(33,34)30-14-11-17(12-15-30)31-24(29-22-8-5-13-28-25(22)31)19-6-3-4-7-20(19)26(32)36-2/h3-10,13,16-17H,11-12,14-15H2,1-2H3. The Balaban J connectivity index is 1.48. The van der Waals surface area contributed by atoms with Gasteiger partial charge in [-0.2, -0.15) is 4.31 Å². The minimum Gasteiger partial charge on any atom is -0.495 e. The van der Waals surface area contributed by atoms with E-state index >= 15 is 0 Å². The second-order valence-corrected chi connectivity index (χ2v) is 11.0. The van der Waals surface area contributed by atoms with E-state index in [0.29, 0.717) is 59.8 Å². The number of nitrogens with zero attached hydrogens (tertiary/aromatic N) is 4. The van der Waals surface area contributed by atoms with Crippen molar-refractivity contribution in [3.8, 4) is 17.1 Å². The molecule has 2 aromatic carbocycles. The molecular formula is C26H25ClN4O5S. The quantitative estimate of drug-likeness (QED) is 0.330. The molecule has 0 atom stereocenters. The Morgan fingerprint density at radius 1 is 1.05 bits per heavy atom. The molecule has 1 aliphatic heterocycles. The monoisotopic (exact) mass is 540 g/mol. The van der Waals surface area contributed by atoms with E-state index in [1.54, 1.807) is 24.4 Å². The number of methoxy groups -OCH3 is 2. The number of aromatic nitrogens is 3. The SMILES string of the molecule is COC(=O)c1ccccc1-c1nc2cccnc2n1C1CCN(S(=O)(=O)c2ccc(OC)c(Cl)c2)CC1. The molecule has 0 aliphatic carbocycles. The third kappa shape index (κ3) is 4.56. The Hall–Kier alpha value is -3.47.